The summed E-state index contributed by atoms with van der Waals surface area (Å²) in [5.74, 6) is 0.723. The van der Waals surface area contributed by atoms with Crippen molar-refractivity contribution in [2.75, 3.05) is 19.3 Å². The third-order valence-corrected chi connectivity index (χ3v) is 6.51. The fourth-order valence-electron chi connectivity index (χ4n) is 3.72. The lowest BCUT2D eigenvalue weighted by atomic mass is 9.83. The minimum atomic E-state index is 0.523. The normalized spacial score (nSPS) is 32.3. The summed E-state index contributed by atoms with van der Waals surface area (Å²) in [6, 6.07) is 0.690. The van der Waals surface area contributed by atoms with Gasteiger partial charge in [-0.15, -0.1) is 0 Å². The van der Waals surface area contributed by atoms with Gasteiger partial charge in [-0.3, -0.25) is 0 Å². The monoisotopic (exact) mass is 270 g/mol. The zero-order valence-corrected chi connectivity index (χ0v) is 12.7. The van der Waals surface area contributed by atoms with Gasteiger partial charge in [0.15, 0.2) is 0 Å². The zero-order valence-electron chi connectivity index (χ0n) is 11.9. The van der Waals surface area contributed by atoms with Crippen LogP contribution in [0.3, 0.4) is 0 Å². The Morgan fingerprint density at radius 3 is 2.50 bits per heavy atom. The average Bonchev–Trinajstić information content (AvgIpc) is 2.46. The van der Waals surface area contributed by atoms with Gasteiger partial charge in [-0.1, -0.05) is 32.1 Å². The quantitative estimate of drug-likeness (QED) is 0.806. The second-order valence-corrected chi connectivity index (χ2v) is 7.49. The van der Waals surface area contributed by atoms with Crippen molar-refractivity contribution in [3.63, 3.8) is 0 Å². The molecule has 2 aliphatic rings. The Balaban J connectivity index is 1.84. The summed E-state index contributed by atoms with van der Waals surface area (Å²) in [5.41, 5.74) is 5.92. The molecule has 0 aliphatic heterocycles. The van der Waals surface area contributed by atoms with E-state index in [9.17, 15) is 0 Å². The lowest BCUT2D eigenvalue weighted by molar-refractivity contribution is 0.252. The van der Waals surface area contributed by atoms with Crippen LogP contribution in [-0.2, 0) is 0 Å². The van der Waals surface area contributed by atoms with Crippen LogP contribution in [0.25, 0.3) is 0 Å². The number of nitrogens with two attached hydrogens (primary N) is 1. The fraction of sp³-hybridized carbons (Fsp3) is 1.00. The first-order valence-electron chi connectivity index (χ1n) is 7.78. The molecule has 2 atom stereocenters. The van der Waals surface area contributed by atoms with Gasteiger partial charge in [0.2, 0.25) is 0 Å². The van der Waals surface area contributed by atoms with Crippen molar-refractivity contribution in [1.82, 2.24) is 5.32 Å². The molecule has 0 aromatic heterocycles. The topological polar surface area (TPSA) is 38.0 Å². The lowest BCUT2D eigenvalue weighted by Gasteiger charge is -2.39. The van der Waals surface area contributed by atoms with Gasteiger partial charge < -0.3 is 11.1 Å². The van der Waals surface area contributed by atoms with Crippen molar-refractivity contribution in [1.29, 1.82) is 0 Å². The highest BCUT2D eigenvalue weighted by atomic mass is 32.2. The number of hydrogen-bond donors (Lipinski definition) is 2. The molecule has 3 N–H and O–H groups in total. The summed E-state index contributed by atoms with van der Waals surface area (Å²) < 4.78 is 0.523. The molecule has 0 amide bonds. The zero-order chi connectivity index (χ0) is 12.8. The van der Waals surface area contributed by atoms with Gasteiger partial charge in [0.1, 0.15) is 0 Å². The molecule has 0 heterocycles. The molecule has 2 saturated carbocycles. The van der Waals surface area contributed by atoms with E-state index in [-0.39, 0.29) is 0 Å². The molecule has 0 aromatic carbocycles. The van der Waals surface area contributed by atoms with E-state index in [1.54, 1.807) is 0 Å². The standard InChI is InChI=1S/C15H30N2S/c1-18-15(9-5-2-6-10-15)12-17-14-8-4-3-7-13(14)11-16/h13-14,17H,2-12,16H2,1H3. The molecule has 18 heavy (non-hydrogen) atoms. The second-order valence-electron chi connectivity index (χ2n) is 6.22. The van der Waals surface area contributed by atoms with Crippen LogP contribution in [0.5, 0.6) is 0 Å². The van der Waals surface area contributed by atoms with E-state index in [2.05, 4.69) is 23.3 Å². The number of rotatable bonds is 5. The maximum absolute atomic E-state index is 5.92. The Kier molecular flexibility index (Phi) is 5.84. The summed E-state index contributed by atoms with van der Waals surface area (Å²) in [7, 11) is 0. The molecule has 2 fully saturated rings. The van der Waals surface area contributed by atoms with Gasteiger partial charge in [-0.25, -0.2) is 0 Å². The Bertz CT molecular complexity index is 239. The van der Waals surface area contributed by atoms with Crippen molar-refractivity contribution < 1.29 is 0 Å². The third kappa shape index (κ3) is 3.64. The SMILES string of the molecule is CSC1(CNC2CCCCC2CN)CCCCC1. The highest BCUT2D eigenvalue weighted by Crippen LogP contribution is 2.38. The smallest absolute Gasteiger partial charge is 0.0281 e. The van der Waals surface area contributed by atoms with Gasteiger partial charge in [0, 0.05) is 17.3 Å². The van der Waals surface area contributed by atoms with Gasteiger partial charge in [0.05, 0.1) is 0 Å². The van der Waals surface area contributed by atoms with Crippen LogP contribution in [0.15, 0.2) is 0 Å². The molecule has 0 spiro atoms. The molecule has 0 saturated heterocycles. The van der Waals surface area contributed by atoms with Crippen LogP contribution >= 0.6 is 11.8 Å². The Labute approximate surface area is 117 Å². The number of nitrogens with one attached hydrogen (secondary N) is 1. The van der Waals surface area contributed by atoms with Crippen molar-refractivity contribution in [2.45, 2.75) is 68.6 Å². The third-order valence-electron chi connectivity index (χ3n) is 5.10. The number of hydrogen-bond acceptors (Lipinski definition) is 3. The average molecular weight is 270 g/mol. The highest BCUT2D eigenvalue weighted by molar-refractivity contribution is 8.00. The first-order chi connectivity index (χ1) is 8.79. The van der Waals surface area contributed by atoms with Crippen LogP contribution in [-0.4, -0.2) is 30.1 Å². The predicted octanol–water partition coefficient (Wildman–Crippen LogP) is 3.16. The molecular weight excluding hydrogens is 240 g/mol. The molecule has 0 radical (unpaired) electrons. The predicted molar refractivity (Wildman–Crippen MR) is 82.1 cm³/mol. The fourth-order valence-corrected chi connectivity index (χ4v) is 4.65. The van der Waals surface area contributed by atoms with E-state index in [4.69, 9.17) is 5.73 Å². The maximum Gasteiger partial charge on any atom is 0.0281 e. The Hall–Kier alpha value is 0.270. The van der Waals surface area contributed by atoms with Gasteiger partial charge >= 0.3 is 0 Å². The largest absolute Gasteiger partial charge is 0.330 e. The summed E-state index contributed by atoms with van der Waals surface area (Å²) in [6.45, 7) is 2.07. The number of thioether (sulfide) groups is 1. The molecule has 0 bridgehead atoms. The Morgan fingerprint density at radius 1 is 1.11 bits per heavy atom. The van der Waals surface area contributed by atoms with Crippen molar-refractivity contribution in [3.05, 3.63) is 0 Å². The molecule has 0 aromatic rings. The van der Waals surface area contributed by atoms with E-state index in [0.29, 0.717) is 10.8 Å². The lowest BCUT2D eigenvalue weighted by Crippen LogP contribution is -2.48. The van der Waals surface area contributed by atoms with Crippen molar-refractivity contribution in [3.8, 4) is 0 Å². The van der Waals surface area contributed by atoms with Crippen LogP contribution < -0.4 is 11.1 Å². The minimum absolute atomic E-state index is 0.523. The molecule has 2 aliphatic carbocycles. The minimum Gasteiger partial charge on any atom is -0.330 e. The highest BCUT2D eigenvalue weighted by Gasteiger charge is 2.33. The molecular formula is C15H30N2S. The van der Waals surface area contributed by atoms with Crippen LogP contribution in [0.1, 0.15) is 57.8 Å². The van der Waals surface area contributed by atoms with E-state index < -0.39 is 0 Å². The summed E-state index contributed by atoms with van der Waals surface area (Å²) in [6.07, 6.45) is 14.8. The van der Waals surface area contributed by atoms with E-state index in [1.165, 1.54) is 64.3 Å². The second kappa shape index (κ2) is 7.16. The first kappa shape index (κ1) is 14.7. The summed E-state index contributed by atoms with van der Waals surface area (Å²) >= 11 is 2.10. The van der Waals surface area contributed by atoms with Crippen LogP contribution in [0.2, 0.25) is 0 Å². The summed E-state index contributed by atoms with van der Waals surface area (Å²) in [4.78, 5) is 0. The Morgan fingerprint density at radius 2 is 1.83 bits per heavy atom. The van der Waals surface area contributed by atoms with Crippen LogP contribution in [0, 0.1) is 5.92 Å². The summed E-state index contributed by atoms with van der Waals surface area (Å²) in [5, 5.41) is 3.88. The van der Waals surface area contributed by atoms with Crippen molar-refractivity contribution >= 4 is 11.8 Å². The molecule has 106 valence electrons. The van der Waals surface area contributed by atoms with Crippen LogP contribution in [0.4, 0.5) is 0 Å². The molecule has 2 nitrogen and oxygen atoms in total. The van der Waals surface area contributed by atoms with Gasteiger partial charge in [0.25, 0.3) is 0 Å². The van der Waals surface area contributed by atoms with E-state index in [1.807, 2.05) is 0 Å². The first-order valence-corrected chi connectivity index (χ1v) is 9.01. The van der Waals surface area contributed by atoms with Crippen molar-refractivity contribution in [2.24, 2.45) is 11.7 Å². The molecule has 2 rings (SSSR count). The van der Waals surface area contributed by atoms with Gasteiger partial charge in [-0.2, -0.15) is 11.8 Å². The van der Waals surface area contributed by atoms with E-state index >= 15 is 0 Å². The van der Waals surface area contributed by atoms with Gasteiger partial charge in [-0.05, 0) is 44.4 Å². The molecule has 3 heteroatoms. The maximum atomic E-state index is 5.92. The molecule has 2 unspecified atom stereocenters. The van der Waals surface area contributed by atoms with E-state index in [0.717, 1.165) is 12.5 Å².